The highest BCUT2D eigenvalue weighted by Crippen LogP contribution is 2.28. The lowest BCUT2D eigenvalue weighted by molar-refractivity contribution is -0.159. The number of ether oxygens (including phenoxy) is 1. The molecule has 0 aliphatic heterocycles. The first-order valence-corrected chi connectivity index (χ1v) is 6.17. The summed E-state index contributed by atoms with van der Waals surface area (Å²) in [5.41, 5.74) is 1.88. The number of nitriles is 1. The summed E-state index contributed by atoms with van der Waals surface area (Å²) in [7, 11) is 0. The van der Waals surface area contributed by atoms with Crippen molar-refractivity contribution in [1.82, 2.24) is 5.48 Å². The summed E-state index contributed by atoms with van der Waals surface area (Å²) in [6.07, 6.45) is -1.41. The minimum absolute atomic E-state index is 0.249. The molecule has 1 N–H and O–H groups in total. The minimum atomic E-state index is -0.955. The molecule has 1 rings (SSSR count). The van der Waals surface area contributed by atoms with Crippen LogP contribution in [0.1, 0.15) is 13.3 Å². The summed E-state index contributed by atoms with van der Waals surface area (Å²) in [6.45, 7) is 1.44. The van der Waals surface area contributed by atoms with Crippen molar-refractivity contribution in [1.29, 1.82) is 5.26 Å². The van der Waals surface area contributed by atoms with Crippen molar-refractivity contribution in [2.75, 3.05) is 0 Å². The van der Waals surface area contributed by atoms with Crippen molar-refractivity contribution < 1.29 is 19.2 Å². The zero-order valence-corrected chi connectivity index (χ0v) is 11.9. The van der Waals surface area contributed by atoms with Gasteiger partial charge in [-0.1, -0.05) is 23.2 Å². The van der Waals surface area contributed by atoms with Gasteiger partial charge in [-0.25, -0.2) is 4.79 Å². The second-order valence-electron chi connectivity index (χ2n) is 3.61. The molecule has 1 unspecified atom stereocenters. The number of benzene rings is 1. The molecule has 20 heavy (non-hydrogen) atoms. The summed E-state index contributed by atoms with van der Waals surface area (Å²) in [5, 5.41) is 8.93. The average Bonchev–Trinajstić information content (AvgIpc) is 2.39. The first-order valence-electron chi connectivity index (χ1n) is 5.42. The van der Waals surface area contributed by atoms with Crippen LogP contribution in [0.4, 0.5) is 0 Å². The Hall–Kier alpha value is -1.97. The number of nitrogens with one attached hydrogen (secondary N) is 1. The molecule has 0 heterocycles. The van der Waals surface area contributed by atoms with Crippen LogP contribution in [0.5, 0.6) is 5.75 Å². The lowest BCUT2D eigenvalue weighted by atomic mass is 10.3. The summed E-state index contributed by atoms with van der Waals surface area (Å²) >= 11 is 11.6. The van der Waals surface area contributed by atoms with E-state index in [9.17, 15) is 9.59 Å². The first-order chi connectivity index (χ1) is 9.43. The monoisotopic (exact) mass is 316 g/mol. The largest absolute Gasteiger partial charge is 0.479 e. The van der Waals surface area contributed by atoms with Crippen molar-refractivity contribution in [2.45, 2.75) is 19.4 Å². The van der Waals surface area contributed by atoms with E-state index < -0.39 is 24.4 Å². The number of rotatable bonds is 4. The first kappa shape index (κ1) is 16.1. The molecule has 106 valence electrons. The van der Waals surface area contributed by atoms with Crippen molar-refractivity contribution in [2.24, 2.45) is 0 Å². The highest BCUT2D eigenvalue weighted by Gasteiger charge is 2.17. The number of hydrogen-bond acceptors (Lipinski definition) is 5. The van der Waals surface area contributed by atoms with E-state index in [1.165, 1.54) is 19.1 Å². The Morgan fingerprint density at radius 3 is 2.75 bits per heavy atom. The molecular weight excluding hydrogens is 307 g/mol. The van der Waals surface area contributed by atoms with Gasteiger partial charge >= 0.3 is 5.97 Å². The molecule has 0 spiro atoms. The Labute approximate surface area is 125 Å². The Morgan fingerprint density at radius 2 is 2.15 bits per heavy atom. The van der Waals surface area contributed by atoms with Gasteiger partial charge in [0.15, 0.2) is 6.10 Å². The van der Waals surface area contributed by atoms with Gasteiger partial charge in [0.05, 0.1) is 11.1 Å². The van der Waals surface area contributed by atoms with Crippen LogP contribution in [0.25, 0.3) is 0 Å². The van der Waals surface area contributed by atoms with Crippen LogP contribution in [-0.4, -0.2) is 18.0 Å². The lowest BCUT2D eigenvalue weighted by Crippen LogP contribution is -2.37. The molecule has 0 bridgehead atoms. The third kappa shape index (κ3) is 4.96. The zero-order chi connectivity index (χ0) is 15.1. The number of hydroxylamine groups is 1. The molecule has 1 aromatic carbocycles. The van der Waals surface area contributed by atoms with Gasteiger partial charge in [0.2, 0.25) is 0 Å². The predicted molar refractivity (Wildman–Crippen MR) is 71.0 cm³/mol. The maximum absolute atomic E-state index is 11.6. The Morgan fingerprint density at radius 1 is 1.45 bits per heavy atom. The number of carbonyl (C=O) groups is 2. The summed E-state index contributed by atoms with van der Waals surface area (Å²) in [5.74, 6) is -1.29. The van der Waals surface area contributed by atoms with Gasteiger partial charge in [0.1, 0.15) is 12.2 Å². The van der Waals surface area contributed by atoms with Crippen molar-refractivity contribution in [3.63, 3.8) is 0 Å². The molecule has 1 amide bonds. The van der Waals surface area contributed by atoms with Crippen LogP contribution in [0.3, 0.4) is 0 Å². The molecule has 0 aliphatic carbocycles. The van der Waals surface area contributed by atoms with Crippen LogP contribution in [0, 0.1) is 11.3 Å². The Balaban J connectivity index is 2.53. The van der Waals surface area contributed by atoms with E-state index in [-0.39, 0.29) is 10.8 Å². The number of carbonyl (C=O) groups excluding carboxylic acids is 2. The molecule has 0 saturated heterocycles. The standard InChI is InChI=1S/C12H10Cl2N2O4/c1-7(12(18)16-20-11(17)4-5-15)19-10-3-2-8(13)6-9(10)14/h2-3,6-7H,4H2,1H3,(H,16,18). The molecule has 6 nitrogen and oxygen atoms in total. The maximum atomic E-state index is 11.6. The van der Waals surface area contributed by atoms with Gasteiger partial charge in [0.25, 0.3) is 5.91 Å². The Kier molecular flexibility index (Phi) is 6.10. The third-order valence-corrected chi connectivity index (χ3v) is 2.59. The van der Waals surface area contributed by atoms with Crippen molar-refractivity contribution in [3.8, 4) is 11.8 Å². The second kappa shape index (κ2) is 7.58. The van der Waals surface area contributed by atoms with Gasteiger partial charge in [-0.05, 0) is 25.1 Å². The van der Waals surface area contributed by atoms with E-state index in [4.69, 9.17) is 33.2 Å². The molecular formula is C12H10Cl2N2O4. The average molecular weight is 317 g/mol. The fourth-order valence-corrected chi connectivity index (χ4v) is 1.56. The fourth-order valence-electron chi connectivity index (χ4n) is 1.11. The van der Waals surface area contributed by atoms with Gasteiger partial charge in [-0.15, -0.1) is 0 Å². The second-order valence-corrected chi connectivity index (χ2v) is 4.45. The maximum Gasteiger partial charge on any atom is 0.346 e. The van der Waals surface area contributed by atoms with Gasteiger partial charge < -0.3 is 9.57 Å². The quantitative estimate of drug-likeness (QED) is 0.860. The Bertz CT molecular complexity index is 557. The number of amides is 1. The van der Waals surface area contributed by atoms with Crippen LogP contribution < -0.4 is 10.2 Å². The number of hydrogen-bond donors (Lipinski definition) is 1. The molecule has 8 heteroatoms. The minimum Gasteiger partial charge on any atom is -0.479 e. The SMILES string of the molecule is CC(Oc1ccc(Cl)cc1Cl)C(=O)NOC(=O)CC#N. The van der Waals surface area contributed by atoms with E-state index >= 15 is 0 Å². The predicted octanol–water partition coefficient (Wildman–Crippen LogP) is 2.25. The molecule has 0 aliphatic rings. The zero-order valence-electron chi connectivity index (χ0n) is 10.4. The topological polar surface area (TPSA) is 88.4 Å². The van der Waals surface area contributed by atoms with Crippen LogP contribution in [-0.2, 0) is 14.4 Å². The molecule has 1 aromatic rings. The molecule has 0 radical (unpaired) electrons. The highest BCUT2D eigenvalue weighted by molar-refractivity contribution is 6.35. The highest BCUT2D eigenvalue weighted by atomic mass is 35.5. The third-order valence-electron chi connectivity index (χ3n) is 2.06. The molecule has 0 fully saturated rings. The van der Waals surface area contributed by atoms with Gasteiger partial charge in [-0.2, -0.15) is 10.7 Å². The van der Waals surface area contributed by atoms with Crippen LogP contribution in [0.15, 0.2) is 18.2 Å². The summed E-state index contributed by atoms with van der Waals surface area (Å²) in [6, 6.07) is 6.12. The van der Waals surface area contributed by atoms with Crippen LogP contribution >= 0.6 is 23.2 Å². The molecule has 0 saturated carbocycles. The smallest absolute Gasteiger partial charge is 0.346 e. The normalized spacial score (nSPS) is 11.1. The van der Waals surface area contributed by atoms with Gasteiger partial charge in [0, 0.05) is 5.02 Å². The fraction of sp³-hybridized carbons (Fsp3) is 0.250. The van der Waals surface area contributed by atoms with Gasteiger partial charge in [-0.3, -0.25) is 4.79 Å². The summed E-state index contributed by atoms with van der Waals surface area (Å²) in [4.78, 5) is 26.8. The number of halogens is 2. The van der Waals surface area contributed by atoms with E-state index in [2.05, 4.69) is 4.84 Å². The lowest BCUT2D eigenvalue weighted by Gasteiger charge is -2.15. The van der Waals surface area contributed by atoms with E-state index in [0.29, 0.717) is 5.02 Å². The van der Waals surface area contributed by atoms with Crippen molar-refractivity contribution >= 4 is 35.1 Å². The van der Waals surface area contributed by atoms with Crippen LogP contribution in [0.2, 0.25) is 10.0 Å². The molecule has 0 aromatic heterocycles. The number of nitrogens with zero attached hydrogens (tertiary/aromatic N) is 1. The van der Waals surface area contributed by atoms with E-state index in [1.54, 1.807) is 12.1 Å². The van der Waals surface area contributed by atoms with E-state index in [0.717, 1.165) is 0 Å². The summed E-state index contributed by atoms with van der Waals surface area (Å²) < 4.78 is 5.30. The van der Waals surface area contributed by atoms with Crippen molar-refractivity contribution in [3.05, 3.63) is 28.2 Å². The molecule has 1 atom stereocenters. The van der Waals surface area contributed by atoms with E-state index in [1.807, 2.05) is 5.48 Å².